The molecule has 1 aliphatic heterocycles. The summed E-state index contributed by atoms with van der Waals surface area (Å²) in [4.78, 5) is 18.7. The summed E-state index contributed by atoms with van der Waals surface area (Å²) in [6, 6.07) is 21.1. The molecule has 5 aromatic rings. The first-order valence-electron chi connectivity index (χ1n) is 15.5. The highest BCUT2D eigenvalue weighted by Crippen LogP contribution is 2.39. The minimum atomic E-state index is -1.26. The third-order valence-corrected chi connectivity index (χ3v) is 8.80. The summed E-state index contributed by atoms with van der Waals surface area (Å²) < 4.78 is 7.81. The van der Waals surface area contributed by atoms with Gasteiger partial charge in [0.1, 0.15) is 24.1 Å². The van der Waals surface area contributed by atoms with E-state index < -0.39 is 24.5 Å². The maximum absolute atomic E-state index is 11.1. The Labute approximate surface area is 260 Å². The molecule has 0 radical (unpaired) electrons. The molecule has 2 aromatic carbocycles. The van der Waals surface area contributed by atoms with Crippen molar-refractivity contribution in [2.24, 2.45) is 5.73 Å². The smallest absolute Gasteiger partial charge is 0.227 e. The molecule has 0 spiro atoms. The molecule has 1 aliphatic carbocycles. The first-order chi connectivity index (χ1) is 21.9. The van der Waals surface area contributed by atoms with Gasteiger partial charge in [0.25, 0.3) is 0 Å². The van der Waals surface area contributed by atoms with Crippen LogP contribution in [0.4, 0.5) is 11.8 Å². The van der Waals surface area contributed by atoms with E-state index in [0.29, 0.717) is 41.1 Å². The number of aliphatic hydroxyl groups is 2. The number of aryl methyl sites for hydroxylation is 1. The van der Waals surface area contributed by atoms with Crippen LogP contribution in [0.3, 0.4) is 0 Å². The molecule has 2 aliphatic rings. The number of H-pyrrole nitrogens is 1. The number of rotatable bonds is 9. The van der Waals surface area contributed by atoms with E-state index in [1.165, 1.54) is 11.1 Å². The van der Waals surface area contributed by atoms with Gasteiger partial charge in [0, 0.05) is 24.5 Å². The Balaban J connectivity index is 1.23. The lowest BCUT2D eigenvalue weighted by Gasteiger charge is -2.27. The van der Waals surface area contributed by atoms with E-state index in [1.807, 2.05) is 36.4 Å². The van der Waals surface area contributed by atoms with Crippen molar-refractivity contribution in [1.29, 1.82) is 0 Å². The number of aromatic amines is 1. The largest absolute Gasteiger partial charge is 0.387 e. The van der Waals surface area contributed by atoms with Crippen molar-refractivity contribution >= 4 is 22.9 Å². The quantitative estimate of drug-likeness (QED) is 0.144. The molecule has 1 saturated carbocycles. The molecule has 4 heterocycles. The molecule has 0 unspecified atom stereocenters. The number of aliphatic hydroxyl groups excluding tert-OH is 2. The Morgan fingerprint density at radius 3 is 2.29 bits per heavy atom. The van der Waals surface area contributed by atoms with Crippen LogP contribution in [0.2, 0.25) is 0 Å². The fourth-order valence-corrected chi connectivity index (χ4v) is 6.34. The lowest BCUT2D eigenvalue weighted by Crippen LogP contribution is -2.33. The van der Waals surface area contributed by atoms with Crippen molar-refractivity contribution in [2.45, 2.75) is 75.1 Å². The summed E-state index contributed by atoms with van der Waals surface area (Å²) in [6.07, 6.45) is 0.904. The second kappa shape index (κ2) is 12.5. The van der Waals surface area contributed by atoms with Gasteiger partial charge in [0.15, 0.2) is 29.0 Å². The lowest BCUT2D eigenvalue weighted by atomic mass is 9.91. The van der Waals surface area contributed by atoms with Crippen LogP contribution in [0.1, 0.15) is 66.7 Å². The Morgan fingerprint density at radius 1 is 0.956 bits per heavy atom. The average Bonchev–Trinajstić information content (AvgIpc) is 3.76. The van der Waals surface area contributed by atoms with E-state index in [2.05, 4.69) is 55.1 Å². The molecule has 0 bridgehead atoms. The number of nitrogens with zero attached hydrogens (tertiary/aromatic N) is 6. The fraction of sp³-hybridized carbons (Fsp3) is 0.406. The van der Waals surface area contributed by atoms with Crippen molar-refractivity contribution in [3.8, 4) is 0 Å². The Hall–Kier alpha value is -4.43. The highest BCUT2D eigenvalue weighted by Gasteiger charge is 2.46. The van der Waals surface area contributed by atoms with Crippen LogP contribution in [-0.2, 0) is 4.74 Å². The molecule has 13 nitrogen and oxygen atoms in total. The zero-order valence-electron chi connectivity index (χ0n) is 25.0. The van der Waals surface area contributed by atoms with Crippen molar-refractivity contribution in [1.82, 2.24) is 34.7 Å². The van der Waals surface area contributed by atoms with Gasteiger partial charge in [0.05, 0.1) is 6.33 Å². The van der Waals surface area contributed by atoms with Crippen LogP contribution < -0.4 is 16.4 Å². The topological polar surface area (TPSA) is 185 Å². The number of hydrogen-bond donors (Lipinski definition) is 6. The zero-order valence-corrected chi connectivity index (χ0v) is 25.0. The van der Waals surface area contributed by atoms with Crippen molar-refractivity contribution in [3.05, 3.63) is 89.8 Å². The highest BCUT2D eigenvalue weighted by atomic mass is 16.6. The Morgan fingerprint density at radius 2 is 1.64 bits per heavy atom. The van der Waals surface area contributed by atoms with Gasteiger partial charge in [-0.3, -0.25) is 9.67 Å². The lowest BCUT2D eigenvalue weighted by molar-refractivity contribution is -0.0382. The monoisotopic (exact) mass is 610 g/mol. The number of aromatic nitrogens is 7. The van der Waals surface area contributed by atoms with E-state index in [9.17, 15) is 10.2 Å². The van der Waals surface area contributed by atoms with E-state index >= 15 is 0 Å². The molecule has 7 N–H and O–H groups in total. The molecular formula is C32H38N10O3. The number of anilines is 2. The molecular weight excluding hydrogens is 572 g/mol. The van der Waals surface area contributed by atoms with Gasteiger partial charge in [-0.05, 0) is 43.7 Å². The maximum atomic E-state index is 11.1. The van der Waals surface area contributed by atoms with Gasteiger partial charge < -0.3 is 31.3 Å². The molecule has 0 amide bonds. The van der Waals surface area contributed by atoms with Crippen LogP contribution >= 0.6 is 0 Å². The van der Waals surface area contributed by atoms with Gasteiger partial charge in [-0.25, -0.2) is 9.97 Å². The first-order valence-corrected chi connectivity index (χ1v) is 15.5. The minimum Gasteiger partial charge on any atom is -0.387 e. The average molecular weight is 611 g/mol. The molecule has 4 atom stereocenters. The summed E-state index contributed by atoms with van der Waals surface area (Å²) in [5, 5.41) is 35.9. The maximum Gasteiger partial charge on any atom is 0.227 e. The zero-order chi connectivity index (χ0) is 30.9. The van der Waals surface area contributed by atoms with Crippen LogP contribution in [0.5, 0.6) is 0 Å². The van der Waals surface area contributed by atoms with Crippen LogP contribution in [-0.4, -0.2) is 75.7 Å². The van der Waals surface area contributed by atoms with Gasteiger partial charge in [-0.15, -0.1) is 0 Å². The molecule has 2 fully saturated rings. The van der Waals surface area contributed by atoms with Crippen LogP contribution in [0.25, 0.3) is 11.2 Å². The number of imidazole rings is 1. The SMILES string of the molecule is Cc1n[nH]c([C@H]2O[C@@H](n3cnc4c(NCC(c5ccccc5)c5ccccc5)nc(NC5CCC(N)CC5)nc43)[C@H](O)[C@@H]2O)n1. The van der Waals surface area contributed by atoms with Gasteiger partial charge >= 0.3 is 0 Å². The molecule has 45 heavy (non-hydrogen) atoms. The summed E-state index contributed by atoms with van der Waals surface area (Å²) in [5.41, 5.74) is 9.49. The van der Waals surface area contributed by atoms with Crippen molar-refractivity contribution in [2.75, 3.05) is 17.2 Å². The summed E-state index contributed by atoms with van der Waals surface area (Å²) in [7, 11) is 0. The standard InChI is InChI=1S/C32H38N10O3/c1-18-36-29(41-40-18)27-25(43)26(44)31(45-27)42-17-35-24-28(38-32(39-30(24)42)37-22-14-12-21(33)13-15-22)34-16-23(19-8-4-2-5-9-19)20-10-6-3-7-11-20/h2-11,17,21-23,25-27,31,43-44H,12-16,33H2,1H3,(H,36,40,41)(H2,34,37,38,39)/t21?,22?,25-,26+,27-,31+/m0/s1. The first kappa shape index (κ1) is 29.3. The second-order valence-corrected chi connectivity index (χ2v) is 11.9. The molecule has 3 aromatic heterocycles. The number of hydrogen-bond acceptors (Lipinski definition) is 11. The van der Waals surface area contributed by atoms with Crippen LogP contribution in [0, 0.1) is 6.92 Å². The van der Waals surface area contributed by atoms with E-state index in [0.717, 1.165) is 25.7 Å². The number of nitrogens with two attached hydrogens (primary N) is 1. The Kier molecular flexibility index (Phi) is 8.15. The van der Waals surface area contributed by atoms with Crippen molar-refractivity contribution < 1.29 is 14.9 Å². The third kappa shape index (κ3) is 5.99. The molecule has 7 rings (SSSR count). The molecule has 13 heteroatoms. The van der Waals surface area contributed by atoms with Gasteiger partial charge in [-0.1, -0.05) is 60.7 Å². The van der Waals surface area contributed by atoms with E-state index in [1.54, 1.807) is 17.8 Å². The number of fused-ring (bicyclic) bond motifs is 1. The predicted molar refractivity (Wildman–Crippen MR) is 168 cm³/mol. The van der Waals surface area contributed by atoms with Crippen LogP contribution in [0.15, 0.2) is 67.0 Å². The second-order valence-electron chi connectivity index (χ2n) is 11.9. The predicted octanol–water partition coefficient (Wildman–Crippen LogP) is 3.17. The fourth-order valence-electron chi connectivity index (χ4n) is 6.34. The van der Waals surface area contributed by atoms with E-state index in [4.69, 9.17) is 20.4 Å². The third-order valence-electron chi connectivity index (χ3n) is 8.80. The number of benzene rings is 2. The summed E-state index contributed by atoms with van der Waals surface area (Å²) in [6.45, 7) is 2.29. The van der Waals surface area contributed by atoms with Crippen molar-refractivity contribution in [3.63, 3.8) is 0 Å². The van der Waals surface area contributed by atoms with E-state index in [-0.39, 0.29) is 18.0 Å². The molecule has 1 saturated heterocycles. The normalized spacial score (nSPS) is 25.2. The minimum absolute atomic E-state index is 0.0528. The number of nitrogens with one attached hydrogen (secondary N) is 3. The number of ether oxygens (including phenoxy) is 1. The van der Waals surface area contributed by atoms with Gasteiger partial charge in [0.2, 0.25) is 5.95 Å². The molecule has 234 valence electrons. The Bertz CT molecular complexity index is 1680. The van der Waals surface area contributed by atoms with Gasteiger partial charge in [-0.2, -0.15) is 15.1 Å². The highest BCUT2D eigenvalue weighted by molar-refractivity contribution is 5.84. The summed E-state index contributed by atoms with van der Waals surface area (Å²) >= 11 is 0. The summed E-state index contributed by atoms with van der Waals surface area (Å²) in [5.74, 6) is 1.91.